The van der Waals surface area contributed by atoms with Gasteiger partial charge in [0.1, 0.15) is 0 Å². The Morgan fingerprint density at radius 2 is 1.97 bits per heavy atom. The maximum Gasteiger partial charge on any atom is 0.254 e. The van der Waals surface area contributed by atoms with Gasteiger partial charge >= 0.3 is 0 Å². The molecule has 0 spiro atoms. The summed E-state index contributed by atoms with van der Waals surface area (Å²) >= 11 is 1.60. The van der Waals surface area contributed by atoms with Crippen LogP contribution in [0.2, 0.25) is 0 Å². The monoisotopic (exact) mass is 423 g/mol. The molecular weight excluding hydrogens is 398 g/mol. The van der Waals surface area contributed by atoms with Crippen molar-refractivity contribution in [2.24, 2.45) is 7.05 Å². The molecule has 0 atom stereocenters. The number of nitrogens with one attached hydrogen (secondary N) is 1. The minimum Gasteiger partial charge on any atom is -0.349 e. The molecule has 1 aliphatic rings. The first-order chi connectivity index (χ1) is 14.6. The van der Waals surface area contributed by atoms with E-state index in [1.54, 1.807) is 35.5 Å². The van der Waals surface area contributed by atoms with E-state index in [0.717, 1.165) is 30.0 Å². The van der Waals surface area contributed by atoms with Crippen LogP contribution in [-0.4, -0.2) is 50.6 Å². The summed E-state index contributed by atoms with van der Waals surface area (Å²) in [5.74, 6) is -0.00936. The van der Waals surface area contributed by atoms with Gasteiger partial charge < -0.3 is 10.2 Å². The number of aryl methyl sites for hydroxylation is 1. The normalized spacial score (nSPS) is 14.6. The molecule has 156 valence electrons. The molecule has 1 fully saturated rings. The van der Waals surface area contributed by atoms with Crippen molar-refractivity contribution >= 4 is 23.2 Å². The lowest BCUT2D eigenvalue weighted by Gasteiger charge is -2.32. The van der Waals surface area contributed by atoms with Gasteiger partial charge in [-0.1, -0.05) is 30.3 Å². The number of hydrogen-bond acceptors (Lipinski definition) is 5. The maximum absolute atomic E-state index is 12.7. The zero-order valence-corrected chi connectivity index (χ0v) is 17.8. The van der Waals surface area contributed by atoms with Gasteiger partial charge in [0, 0.05) is 44.2 Å². The van der Waals surface area contributed by atoms with Crippen molar-refractivity contribution in [2.75, 3.05) is 13.1 Å². The largest absolute Gasteiger partial charge is 0.349 e. The summed E-state index contributed by atoms with van der Waals surface area (Å²) in [5, 5.41) is 10.1. The molecule has 0 radical (unpaired) electrons. The van der Waals surface area contributed by atoms with Gasteiger partial charge in [-0.15, -0.1) is 11.3 Å². The van der Waals surface area contributed by atoms with E-state index in [9.17, 15) is 9.59 Å². The molecule has 0 unspecified atom stereocenters. The van der Waals surface area contributed by atoms with Gasteiger partial charge in [0.05, 0.1) is 28.9 Å². The Bertz CT molecular complexity index is 1010. The van der Waals surface area contributed by atoms with E-state index >= 15 is 0 Å². The second-order valence-electron chi connectivity index (χ2n) is 7.60. The van der Waals surface area contributed by atoms with Crippen LogP contribution in [0.4, 0.5) is 0 Å². The number of hydrogen-bond donors (Lipinski definition) is 1. The highest BCUT2D eigenvalue weighted by molar-refractivity contribution is 7.09. The number of thiazole rings is 1. The topological polar surface area (TPSA) is 80.1 Å². The highest BCUT2D eigenvalue weighted by Crippen LogP contribution is 2.17. The van der Waals surface area contributed by atoms with E-state index < -0.39 is 0 Å². The minimum atomic E-state index is -0.110. The van der Waals surface area contributed by atoms with Crippen LogP contribution >= 0.6 is 11.3 Å². The number of likely N-dealkylation sites (tertiary alicyclic amines) is 1. The summed E-state index contributed by atoms with van der Waals surface area (Å²) < 4.78 is 1.61. The van der Waals surface area contributed by atoms with E-state index in [1.807, 2.05) is 28.5 Å². The number of benzene rings is 1. The van der Waals surface area contributed by atoms with Crippen molar-refractivity contribution < 1.29 is 9.59 Å². The van der Waals surface area contributed by atoms with E-state index in [2.05, 4.69) is 27.5 Å². The predicted molar refractivity (Wildman–Crippen MR) is 115 cm³/mol. The molecule has 0 saturated carbocycles. The molecule has 2 amide bonds. The number of carbonyl (C=O) groups excluding carboxylic acids is 2. The number of carbonyl (C=O) groups is 2. The van der Waals surface area contributed by atoms with Gasteiger partial charge in [0.2, 0.25) is 5.91 Å². The lowest BCUT2D eigenvalue weighted by atomic mass is 10.0. The van der Waals surface area contributed by atoms with Crippen LogP contribution in [0.3, 0.4) is 0 Å². The Labute approximate surface area is 179 Å². The minimum absolute atomic E-state index is 0.0819. The third-order valence-corrected chi connectivity index (χ3v) is 6.18. The number of amides is 2. The second-order valence-corrected chi connectivity index (χ2v) is 8.55. The lowest BCUT2D eigenvalue weighted by molar-refractivity contribution is -0.131. The van der Waals surface area contributed by atoms with Crippen molar-refractivity contribution in [3.8, 4) is 0 Å². The molecule has 1 aliphatic heterocycles. The van der Waals surface area contributed by atoms with Crippen LogP contribution in [-0.2, 0) is 24.7 Å². The quantitative estimate of drug-likeness (QED) is 0.660. The van der Waals surface area contributed by atoms with E-state index in [-0.39, 0.29) is 17.9 Å². The molecule has 8 heteroatoms. The fourth-order valence-electron chi connectivity index (χ4n) is 3.63. The third-order valence-electron chi connectivity index (χ3n) is 5.28. The van der Waals surface area contributed by atoms with Gasteiger partial charge in [0.25, 0.3) is 5.91 Å². The number of piperidine rings is 1. The van der Waals surface area contributed by atoms with Crippen LogP contribution in [0.5, 0.6) is 0 Å². The van der Waals surface area contributed by atoms with E-state index in [0.29, 0.717) is 25.1 Å². The van der Waals surface area contributed by atoms with Crippen LogP contribution in [0, 0.1) is 0 Å². The Morgan fingerprint density at radius 1 is 1.20 bits per heavy atom. The number of nitrogens with zero attached hydrogens (tertiary/aromatic N) is 4. The van der Waals surface area contributed by atoms with Crippen LogP contribution in [0.25, 0.3) is 0 Å². The highest BCUT2D eigenvalue weighted by atomic mass is 32.1. The van der Waals surface area contributed by atoms with Crippen molar-refractivity contribution in [3.63, 3.8) is 0 Å². The Balaban J connectivity index is 1.24. The van der Waals surface area contributed by atoms with Crippen molar-refractivity contribution in [3.05, 3.63) is 69.9 Å². The van der Waals surface area contributed by atoms with Gasteiger partial charge in [-0.05, 0) is 18.4 Å². The Morgan fingerprint density at radius 3 is 2.67 bits per heavy atom. The summed E-state index contributed by atoms with van der Waals surface area (Å²) in [6.45, 7) is 1.30. The molecule has 2 aromatic heterocycles. The lowest BCUT2D eigenvalue weighted by Crippen LogP contribution is -2.46. The molecule has 4 rings (SSSR count). The molecule has 3 aromatic rings. The van der Waals surface area contributed by atoms with Crippen molar-refractivity contribution in [2.45, 2.75) is 31.7 Å². The molecule has 1 aromatic carbocycles. The molecule has 1 N–H and O–H groups in total. The van der Waals surface area contributed by atoms with Gasteiger partial charge in [0.15, 0.2) is 0 Å². The fraction of sp³-hybridized carbons (Fsp3) is 0.364. The maximum atomic E-state index is 12.7. The van der Waals surface area contributed by atoms with Gasteiger partial charge in [-0.3, -0.25) is 14.3 Å². The molecule has 30 heavy (non-hydrogen) atoms. The summed E-state index contributed by atoms with van der Waals surface area (Å²) in [7, 11) is 1.79. The average Bonchev–Trinajstić information content (AvgIpc) is 3.38. The summed E-state index contributed by atoms with van der Waals surface area (Å²) in [6.07, 6.45) is 5.91. The van der Waals surface area contributed by atoms with Gasteiger partial charge in [-0.25, -0.2) is 4.98 Å². The summed E-state index contributed by atoms with van der Waals surface area (Å²) in [5.41, 5.74) is 2.62. The van der Waals surface area contributed by atoms with E-state index in [4.69, 9.17) is 0 Å². The smallest absolute Gasteiger partial charge is 0.254 e. The summed E-state index contributed by atoms with van der Waals surface area (Å²) in [4.78, 5) is 31.5. The first kappa shape index (κ1) is 20.3. The van der Waals surface area contributed by atoms with Crippen LogP contribution < -0.4 is 5.32 Å². The first-order valence-electron chi connectivity index (χ1n) is 10.1. The highest BCUT2D eigenvalue weighted by Gasteiger charge is 2.25. The second kappa shape index (κ2) is 9.21. The Kier molecular flexibility index (Phi) is 6.23. The molecule has 7 nitrogen and oxygen atoms in total. The summed E-state index contributed by atoms with van der Waals surface area (Å²) in [6, 6.07) is 10.3. The molecule has 3 heterocycles. The van der Waals surface area contributed by atoms with Gasteiger partial charge in [-0.2, -0.15) is 5.10 Å². The first-order valence-corrected chi connectivity index (χ1v) is 11.0. The standard InChI is InChI=1S/C22H25N5O2S/c1-26-14-17(13-23-26)22(29)25-18-7-9-27(10-8-18)21(28)12-19-15-30-20(24-19)11-16-5-3-2-4-6-16/h2-6,13-15,18H,7-12H2,1H3,(H,25,29). The van der Waals surface area contributed by atoms with Crippen molar-refractivity contribution in [1.29, 1.82) is 0 Å². The molecular formula is C22H25N5O2S. The fourth-order valence-corrected chi connectivity index (χ4v) is 4.46. The zero-order chi connectivity index (χ0) is 20.9. The van der Waals surface area contributed by atoms with E-state index in [1.165, 1.54) is 5.56 Å². The molecule has 0 bridgehead atoms. The van der Waals surface area contributed by atoms with Crippen LogP contribution in [0.15, 0.2) is 48.1 Å². The Hall–Kier alpha value is -3.00. The third kappa shape index (κ3) is 5.13. The number of aromatic nitrogens is 3. The van der Waals surface area contributed by atoms with Crippen LogP contribution in [0.1, 0.15) is 39.5 Å². The molecule has 0 aliphatic carbocycles. The number of rotatable bonds is 6. The zero-order valence-electron chi connectivity index (χ0n) is 17.0. The molecule has 1 saturated heterocycles. The SMILES string of the molecule is Cn1cc(C(=O)NC2CCN(C(=O)Cc3csc(Cc4ccccc4)n3)CC2)cn1. The average molecular weight is 424 g/mol. The predicted octanol–water partition coefficient (Wildman–Crippen LogP) is 2.43. The van der Waals surface area contributed by atoms with Crippen molar-refractivity contribution in [1.82, 2.24) is 25.0 Å².